The van der Waals surface area contributed by atoms with Crippen LogP contribution in [0.15, 0.2) is 12.4 Å². The second kappa shape index (κ2) is 4.10. The summed E-state index contributed by atoms with van der Waals surface area (Å²) in [5, 5.41) is 12.9. The zero-order chi connectivity index (χ0) is 10.7. The van der Waals surface area contributed by atoms with E-state index >= 15 is 0 Å². The van der Waals surface area contributed by atoms with Gasteiger partial charge in [0.05, 0.1) is 18.0 Å². The molecule has 0 radical (unpaired) electrons. The number of aliphatic hydroxyl groups is 1. The lowest BCUT2D eigenvalue weighted by atomic mass is 10.0. The first-order valence-corrected chi connectivity index (χ1v) is 5.12. The standard InChI is InChI=1S/C10H14FN3O/c11-8-5-12-9(13-6-8)14-7-10(15)3-1-2-4-10/h5-6,15H,1-4,7H2,(H,12,13,14). The molecule has 0 spiro atoms. The van der Waals surface area contributed by atoms with E-state index < -0.39 is 11.4 Å². The second-order valence-electron chi connectivity index (χ2n) is 4.01. The number of anilines is 1. The molecule has 0 aliphatic heterocycles. The van der Waals surface area contributed by atoms with Gasteiger partial charge in [0.25, 0.3) is 0 Å². The molecule has 2 rings (SSSR count). The monoisotopic (exact) mass is 211 g/mol. The molecule has 1 heterocycles. The van der Waals surface area contributed by atoms with E-state index in [2.05, 4.69) is 15.3 Å². The van der Waals surface area contributed by atoms with E-state index in [4.69, 9.17) is 0 Å². The number of nitrogens with one attached hydrogen (secondary N) is 1. The van der Waals surface area contributed by atoms with Gasteiger partial charge in [-0.2, -0.15) is 0 Å². The summed E-state index contributed by atoms with van der Waals surface area (Å²) in [6.07, 6.45) is 5.94. The average Bonchev–Trinajstić information content (AvgIpc) is 2.65. The molecular weight excluding hydrogens is 197 g/mol. The highest BCUT2D eigenvalue weighted by atomic mass is 19.1. The van der Waals surface area contributed by atoms with Crippen molar-refractivity contribution in [1.29, 1.82) is 0 Å². The van der Waals surface area contributed by atoms with Crippen LogP contribution in [0.5, 0.6) is 0 Å². The van der Waals surface area contributed by atoms with Crippen molar-refractivity contribution >= 4 is 5.95 Å². The van der Waals surface area contributed by atoms with Crippen LogP contribution in [-0.2, 0) is 0 Å². The SMILES string of the molecule is OC1(CNc2ncc(F)cn2)CCCC1. The van der Waals surface area contributed by atoms with Gasteiger partial charge in [-0.1, -0.05) is 12.8 Å². The molecule has 4 nitrogen and oxygen atoms in total. The van der Waals surface area contributed by atoms with Gasteiger partial charge >= 0.3 is 0 Å². The Morgan fingerprint density at radius 1 is 1.33 bits per heavy atom. The number of halogens is 1. The third kappa shape index (κ3) is 2.62. The van der Waals surface area contributed by atoms with Gasteiger partial charge in [0.1, 0.15) is 0 Å². The molecule has 2 N–H and O–H groups in total. The first kappa shape index (κ1) is 10.3. The third-order valence-electron chi connectivity index (χ3n) is 2.73. The van der Waals surface area contributed by atoms with Crippen LogP contribution in [0.4, 0.5) is 10.3 Å². The molecule has 0 bridgehead atoms. The highest BCUT2D eigenvalue weighted by Gasteiger charge is 2.30. The van der Waals surface area contributed by atoms with Crippen LogP contribution in [0.3, 0.4) is 0 Å². The summed E-state index contributed by atoms with van der Waals surface area (Å²) in [6, 6.07) is 0. The van der Waals surface area contributed by atoms with E-state index in [1.165, 1.54) is 0 Å². The Morgan fingerprint density at radius 3 is 2.53 bits per heavy atom. The predicted octanol–water partition coefficient (Wildman–Crippen LogP) is 1.33. The maximum atomic E-state index is 12.5. The van der Waals surface area contributed by atoms with Crippen molar-refractivity contribution < 1.29 is 9.50 Å². The lowest BCUT2D eigenvalue weighted by Crippen LogP contribution is -2.33. The van der Waals surface area contributed by atoms with Gasteiger partial charge in [-0.15, -0.1) is 0 Å². The summed E-state index contributed by atoms with van der Waals surface area (Å²) in [5.41, 5.74) is -0.641. The van der Waals surface area contributed by atoms with E-state index in [1.807, 2.05) is 0 Å². The zero-order valence-electron chi connectivity index (χ0n) is 8.41. The molecule has 5 heteroatoms. The van der Waals surface area contributed by atoms with Crippen LogP contribution in [0, 0.1) is 5.82 Å². The molecule has 0 atom stereocenters. The predicted molar refractivity (Wildman–Crippen MR) is 53.9 cm³/mol. The lowest BCUT2D eigenvalue weighted by Gasteiger charge is -2.22. The molecule has 0 saturated heterocycles. The summed E-state index contributed by atoms with van der Waals surface area (Å²) in [6.45, 7) is 0.429. The second-order valence-corrected chi connectivity index (χ2v) is 4.01. The quantitative estimate of drug-likeness (QED) is 0.792. The Hall–Kier alpha value is -1.23. The molecular formula is C10H14FN3O. The molecule has 0 amide bonds. The van der Waals surface area contributed by atoms with E-state index in [0.717, 1.165) is 38.1 Å². The highest BCUT2D eigenvalue weighted by Crippen LogP contribution is 2.29. The Labute approximate surface area is 87.6 Å². The highest BCUT2D eigenvalue weighted by molar-refractivity contribution is 5.23. The topological polar surface area (TPSA) is 58.0 Å². The number of hydrogen-bond acceptors (Lipinski definition) is 4. The molecule has 82 valence electrons. The van der Waals surface area contributed by atoms with Crippen LogP contribution in [0.25, 0.3) is 0 Å². The number of rotatable bonds is 3. The van der Waals surface area contributed by atoms with Crippen LogP contribution in [0.2, 0.25) is 0 Å². The minimum atomic E-state index is -0.641. The molecule has 15 heavy (non-hydrogen) atoms. The number of nitrogens with zero attached hydrogens (tertiary/aromatic N) is 2. The maximum Gasteiger partial charge on any atom is 0.222 e. The molecule has 1 aliphatic carbocycles. The van der Waals surface area contributed by atoms with Gasteiger partial charge in [-0.25, -0.2) is 14.4 Å². The number of hydrogen-bond donors (Lipinski definition) is 2. The summed E-state index contributed by atoms with van der Waals surface area (Å²) >= 11 is 0. The lowest BCUT2D eigenvalue weighted by molar-refractivity contribution is 0.0613. The van der Waals surface area contributed by atoms with Crippen molar-refractivity contribution in [2.45, 2.75) is 31.3 Å². The minimum Gasteiger partial charge on any atom is -0.388 e. The molecule has 1 aliphatic rings. The molecule has 1 fully saturated rings. The fraction of sp³-hybridized carbons (Fsp3) is 0.600. The van der Waals surface area contributed by atoms with E-state index in [0.29, 0.717) is 12.5 Å². The van der Waals surface area contributed by atoms with E-state index in [1.54, 1.807) is 0 Å². The first-order valence-electron chi connectivity index (χ1n) is 5.12. The van der Waals surface area contributed by atoms with Crippen molar-refractivity contribution in [1.82, 2.24) is 9.97 Å². The first-order chi connectivity index (χ1) is 7.18. The Morgan fingerprint density at radius 2 is 1.93 bits per heavy atom. The van der Waals surface area contributed by atoms with Crippen molar-refractivity contribution in [3.8, 4) is 0 Å². The third-order valence-corrected chi connectivity index (χ3v) is 2.73. The van der Waals surface area contributed by atoms with Gasteiger partial charge in [0, 0.05) is 6.54 Å². The van der Waals surface area contributed by atoms with Crippen LogP contribution < -0.4 is 5.32 Å². The minimum absolute atomic E-state index is 0.358. The normalized spacial score (nSPS) is 19.1. The molecule has 1 aromatic heterocycles. The van der Waals surface area contributed by atoms with Crippen LogP contribution in [0.1, 0.15) is 25.7 Å². The fourth-order valence-electron chi connectivity index (χ4n) is 1.86. The van der Waals surface area contributed by atoms with Gasteiger partial charge in [-0.3, -0.25) is 0 Å². The molecule has 0 aromatic carbocycles. The van der Waals surface area contributed by atoms with Gasteiger partial charge in [0.2, 0.25) is 5.95 Å². The summed E-state index contributed by atoms with van der Waals surface area (Å²) < 4.78 is 12.5. The van der Waals surface area contributed by atoms with Crippen molar-refractivity contribution in [3.05, 3.63) is 18.2 Å². The number of aromatic nitrogens is 2. The maximum absolute atomic E-state index is 12.5. The molecule has 0 unspecified atom stereocenters. The Kier molecular flexibility index (Phi) is 2.81. The molecule has 1 aromatic rings. The van der Waals surface area contributed by atoms with Crippen molar-refractivity contribution in [2.75, 3.05) is 11.9 Å². The van der Waals surface area contributed by atoms with E-state index in [9.17, 15) is 9.50 Å². The summed E-state index contributed by atoms with van der Waals surface area (Å²) in [4.78, 5) is 7.52. The van der Waals surface area contributed by atoms with Gasteiger partial charge in [-0.05, 0) is 12.8 Å². The zero-order valence-corrected chi connectivity index (χ0v) is 8.41. The van der Waals surface area contributed by atoms with E-state index in [-0.39, 0.29) is 0 Å². The van der Waals surface area contributed by atoms with Crippen LogP contribution >= 0.6 is 0 Å². The smallest absolute Gasteiger partial charge is 0.222 e. The van der Waals surface area contributed by atoms with Crippen molar-refractivity contribution in [2.24, 2.45) is 0 Å². The summed E-state index contributed by atoms with van der Waals surface area (Å²) in [5.74, 6) is -0.100. The molecule has 1 saturated carbocycles. The fourth-order valence-corrected chi connectivity index (χ4v) is 1.86. The summed E-state index contributed by atoms with van der Waals surface area (Å²) in [7, 11) is 0. The average molecular weight is 211 g/mol. The Bertz CT molecular complexity index is 322. The van der Waals surface area contributed by atoms with Gasteiger partial charge < -0.3 is 10.4 Å². The van der Waals surface area contributed by atoms with Gasteiger partial charge in [0.15, 0.2) is 5.82 Å². The van der Waals surface area contributed by atoms with Crippen LogP contribution in [-0.4, -0.2) is 27.2 Å². The largest absolute Gasteiger partial charge is 0.388 e. The van der Waals surface area contributed by atoms with Crippen molar-refractivity contribution in [3.63, 3.8) is 0 Å². The Balaban J connectivity index is 1.90.